The molecule has 1 aromatic heterocycles. The number of ether oxygens (including phenoxy) is 2. The summed E-state index contributed by atoms with van der Waals surface area (Å²) in [5.74, 6) is 0.609. The van der Waals surface area contributed by atoms with E-state index in [-0.39, 0.29) is 29.0 Å². The van der Waals surface area contributed by atoms with Crippen molar-refractivity contribution in [3.63, 3.8) is 0 Å². The van der Waals surface area contributed by atoms with Crippen molar-refractivity contribution in [2.24, 2.45) is 0 Å². The van der Waals surface area contributed by atoms with Crippen molar-refractivity contribution in [3.05, 3.63) is 77.4 Å². The van der Waals surface area contributed by atoms with Gasteiger partial charge in [-0.2, -0.15) is 0 Å². The zero-order chi connectivity index (χ0) is 22.9. The summed E-state index contributed by atoms with van der Waals surface area (Å²) in [4.78, 5) is 30.8. The molecule has 0 aliphatic heterocycles. The van der Waals surface area contributed by atoms with Gasteiger partial charge in [-0.05, 0) is 56.3 Å². The number of para-hydroxylation sites is 1. The number of aromatic nitrogens is 1. The first kappa shape index (κ1) is 23.1. The second kappa shape index (κ2) is 11.2. The Morgan fingerprint density at radius 3 is 2.47 bits per heavy atom. The summed E-state index contributed by atoms with van der Waals surface area (Å²) in [6, 6.07) is 17.2. The predicted molar refractivity (Wildman–Crippen MR) is 124 cm³/mol. The van der Waals surface area contributed by atoms with Crippen LogP contribution in [-0.4, -0.2) is 41.4 Å². The molecule has 0 saturated carbocycles. The molecule has 2 amide bonds. The highest BCUT2D eigenvalue weighted by Crippen LogP contribution is 2.29. The van der Waals surface area contributed by atoms with E-state index in [0.717, 1.165) is 0 Å². The lowest BCUT2D eigenvalue weighted by atomic mass is 10.2. The van der Waals surface area contributed by atoms with Crippen LogP contribution in [-0.2, 0) is 4.79 Å². The number of rotatable bonds is 9. The molecule has 0 atom stereocenters. The lowest BCUT2D eigenvalue weighted by molar-refractivity contribution is -0.132. The van der Waals surface area contributed by atoms with Gasteiger partial charge < -0.3 is 19.7 Å². The van der Waals surface area contributed by atoms with Crippen LogP contribution in [0.3, 0.4) is 0 Å². The third-order valence-electron chi connectivity index (χ3n) is 4.63. The van der Waals surface area contributed by atoms with E-state index < -0.39 is 5.91 Å². The second-order valence-electron chi connectivity index (χ2n) is 6.73. The average molecular weight is 454 g/mol. The molecule has 3 rings (SSSR count). The zero-order valence-corrected chi connectivity index (χ0v) is 18.6. The van der Waals surface area contributed by atoms with Gasteiger partial charge in [0.15, 0.2) is 6.61 Å². The highest BCUT2D eigenvalue weighted by atomic mass is 35.5. The van der Waals surface area contributed by atoms with Crippen molar-refractivity contribution < 1.29 is 19.1 Å². The van der Waals surface area contributed by atoms with Gasteiger partial charge in [-0.25, -0.2) is 4.98 Å². The number of benzene rings is 2. The summed E-state index contributed by atoms with van der Waals surface area (Å²) in [7, 11) is 0. The number of nitrogens with zero attached hydrogens (tertiary/aromatic N) is 2. The Balaban J connectivity index is 1.67. The van der Waals surface area contributed by atoms with Crippen LogP contribution in [0.15, 0.2) is 66.9 Å². The van der Waals surface area contributed by atoms with Crippen molar-refractivity contribution in [2.45, 2.75) is 13.8 Å². The number of hydrogen-bond donors (Lipinski definition) is 1. The average Bonchev–Trinajstić information content (AvgIpc) is 2.80. The molecule has 0 bridgehead atoms. The summed E-state index contributed by atoms with van der Waals surface area (Å²) >= 11 is 6.29. The van der Waals surface area contributed by atoms with E-state index in [1.165, 1.54) is 0 Å². The lowest BCUT2D eigenvalue weighted by Gasteiger charge is -2.19. The van der Waals surface area contributed by atoms with Gasteiger partial charge in [0.25, 0.3) is 11.8 Å². The monoisotopic (exact) mass is 453 g/mol. The molecular formula is C24H24ClN3O4. The summed E-state index contributed by atoms with van der Waals surface area (Å²) in [6.45, 7) is 4.93. The van der Waals surface area contributed by atoms with Crippen LogP contribution in [0.25, 0.3) is 0 Å². The maximum Gasteiger partial charge on any atom is 0.261 e. The highest BCUT2D eigenvalue weighted by Gasteiger charge is 2.16. The van der Waals surface area contributed by atoms with Gasteiger partial charge in [0, 0.05) is 25.0 Å². The van der Waals surface area contributed by atoms with Crippen LogP contribution in [0.5, 0.6) is 17.4 Å². The Bertz CT molecular complexity index is 1070. The number of amides is 2. The Hall–Kier alpha value is -3.58. The van der Waals surface area contributed by atoms with Crippen LogP contribution >= 0.6 is 11.6 Å². The first-order valence-electron chi connectivity index (χ1n) is 10.2. The van der Waals surface area contributed by atoms with Gasteiger partial charge in [0.05, 0.1) is 5.02 Å². The fourth-order valence-electron chi connectivity index (χ4n) is 2.95. The van der Waals surface area contributed by atoms with Crippen LogP contribution in [0.2, 0.25) is 5.02 Å². The fourth-order valence-corrected chi connectivity index (χ4v) is 3.18. The maximum atomic E-state index is 12.8. The molecule has 0 aliphatic carbocycles. The predicted octanol–water partition coefficient (Wildman–Crippen LogP) is 5.03. The molecule has 166 valence electrons. The quantitative estimate of drug-likeness (QED) is 0.491. The molecule has 0 unspecified atom stereocenters. The number of pyridine rings is 1. The highest BCUT2D eigenvalue weighted by molar-refractivity contribution is 6.32. The minimum absolute atomic E-state index is 0.108. The van der Waals surface area contributed by atoms with Crippen molar-refractivity contribution in [2.75, 3.05) is 25.0 Å². The molecule has 0 fully saturated rings. The number of carbonyl (C=O) groups is 2. The molecule has 0 radical (unpaired) electrons. The number of nitrogens with one attached hydrogen (secondary N) is 1. The largest absolute Gasteiger partial charge is 0.482 e. The van der Waals surface area contributed by atoms with Gasteiger partial charge >= 0.3 is 0 Å². The number of hydrogen-bond acceptors (Lipinski definition) is 5. The van der Waals surface area contributed by atoms with E-state index in [1.807, 2.05) is 32.0 Å². The molecule has 7 nitrogen and oxygen atoms in total. The summed E-state index contributed by atoms with van der Waals surface area (Å²) < 4.78 is 11.3. The first-order valence-corrected chi connectivity index (χ1v) is 10.6. The van der Waals surface area contributed by atoms with Crippen LogP contribution < -0.4 is 14.8 Å². The van der Waals surface area contributed by atoms with Gasteiger partial charge in [-0.3, -0.25) is 9.59 Å². The van der Waals surface area contributed by atoms with Crippen molar-refractivity contribution in [3.8, 4) is 17.4 Å². The fraction of sp³-hybridized carbons (Fsp3) is 0.208. The Kier molecular flexibility index (Phi) is 8.05. The Morgan fingerprint density at radius 1 is 1.03 bits per heavy atom. The molecule has 3 aromatic rings. The van der Waals surface area contributed by atoms with Crippen LogP contribution in [0.4, 0.5) is 5.69 Å². The van der Waals surface area contributed by atoms with E-state index in [0.29, 0.717) is 30.3 Å². The first-order chi connectivity index (χ1) is 15.5. The number of anilines is 1. The molecule has 0 aliphatic rings. The molecule has 1 N–H and O–H groups in total. The number of carbonyl (C=O) groups excluding carboxylic acids is 2. The minimum Gasteiger partial charge on any atom is -0.482 e. The topological polar surface area (TPSA) is 80.8 Å². The zero-order valence-electron chi connectivity index (χ0n) is 17.9. The summed E-state index contributed by atoms with van der Waals surface area (Å²) in [5, 5.41) is 3.06. The molecule has 32 heavy (non-hydrogen) atoms. The molecule has 2 aromatic carbocycles. The van der Waals surface area contributed by atoms with Crippen molar-refractivity contribution in [1.29, 1.82) is 0 Å². The van der Waals surface area contributed by atoms with E-state index in [1.54, 1.807) is 53.6 Å². The molecule has 8 heteroatoms. The smallest absolute Gasteiger partial charge is 0.261 e. The van der Waals surface area contributed by atoms with E-state index in [9.17, 15) is 9.59 Å². The third-order valence-corrected chi connectivity index (χ3v) is 4.93. The molecular weight excluding hydrogens is 430 g/mol. The van der Waals surface area contributed by atoms with Crippen molar-refractivity contribution in [1.82, 2.24) is 9.88 Å². The number of halogens is 1. The summed E-state index contributed by atoms with van der Waals surface area (Å²) in [6.07, 6.45) is 1.55. The van der Waals surface area contributed by atoms with Crippen molar-refractivity contribution >= 4 is 29.1 Å². The normalized spacial score (nSPS) is 10.3. The minimum atomic E-state index is -0.398. The number of likely N-dealkylation sites (N-methyl/N-ethyl adjacent to an activating group) is 1. The molecule has 0 spiro atoms. The summed E-state index contributed by atoms with van der Waals surface area (Å²) in [5.41, 5.74) is 0.745. The van der Waals surface area contributed by atoms with E-state index in [4.69, 9.17) is 21.1 Å². The van der Waals surface area contributed by atoms with Gasteiger partial charge in [-0.1, -0.05) is 29.8 Å². The van der Waals surface area contributed by atoms with Crippen LogP contribution in [0.1, 0.15) is 24.2 Å². The Labute approximate surface area is 191 Å². The van der Waals surface area contributed by atoms with E-state index in [2.05, 4.69) is 10.3 Å². The molecule has 1 heterocycles. The van der Waals surface area contributed by atoms with Gasteiger partial charge in [0.2, 0.25) is 5.88 Å². The lowest BCUT2D eigenvalue weighted by Crippen LogP contribution is -2.34. The SMILES string of the molecule is CCN(CC)C(=O)COc1ccc(NC(=O)c2cccnc2Oc2ccccc2)cc1Cl. The standard InChI is InChI=1S/C24H24ClN3O4/c1-3-28(4-2)22(29)16-31-21-13-12-17(15-20(21)25)27-23(30)19-11-8-14-26-24(19)32-18-9-6-5-7-10-18/h5-15H,3-4,16H2,1-2H3,(H,27,30). The van der Waals surface area contributed by atoms with Crippen LogP contribution in [0, 0.1) is 0 Å². The second-order valence-corrected chi connectivity index (χ2v) is 7.13. The van der Waals surface area contributed by atoms with E-state index >= 15 is 0 Å². The molecule has 0 saturated heterocycles. The van der Waals surface area contributed by atoms with Gasteiger partial charge in [0.1, 0.15) is 17.1 Å². The van der Waals surface area contributed by atoms with Gasteiger partial charge in [-0.15, -0.1) is 0 Å². The Morgan fingerprint density at radius 2 is 1.78 bits per heavy atom. The maximum absolute atomic E-state index is 12.8. The third kappa shape index (κ3) is 5.98.